The zero-order valence-electron chi connectivity index (χ0n) is 11.5. The summed E-state index contributed by atoms with van der Waals surface area (Å²) in [5.74, 6) is 0. The lowest BCUT2D eigenvalue weighted by molar-refractivity contribution is 1.21. The van der Waals surface area contributed by atoms with E-state index in [-0.39, 0.29) is 0 Å². The average Bonchev–Trinajstić information content (AvgIpc) is 2.66. The molecule has 2 heteroatoms. The van der Waals surface area contributed by atoms with Crippen LogP contribution in [-0.2, 0) is 0 Å². The highest BCUT2D eigenvalue weighted by Gasteiger charge is 2.14. The number of nitrogens with zero attached hydrogens (tertiary/aromatic N) is 1. The maximum Gasteiger partial charge on any atom is 0.0686 e. The van der Waals surface area contributed by atoms with Gasteiger partial charge in [0, 0.05) is 17.1 Å². The Hall–Kier alpha value is -1.57. The van der Waals surface area contributed by atoms with E-state index in [4.69, 9.17) is 0 Å². The predicted molar refractivity (Wildman–Crippen MR) is 74.5 cm³/mol. The minimum atomic E-state index is 1.09. The maximum atomic E-state index is 4.61. The summed E-state index contributed by atoms with van der Waals surface area (Å²) in [4.78, 5) is 8.03. The van der Waals surface area contributed by atoms with Crippen LogP contribution in [0.15, 0.2) is 21.8 Å². The van der Waals surface area contributed by atoms with Crippen molar-refractivity contribution >= 4 is 11.8 Å². The van der Waals surface area contributed by atoms with E-state index in [9.17, 15) is 0 Å². The van der Waals surface area contributed by atoms with Crippen molar-refractivity contribution in [2.45, 2.75) is 41.5 Å². The van der Waals surface area contributed by atoms with Gasteiger partial charge in [0.25, 0.3) is 0 Å². The molecule has 0 atom stereocenters. The van der Waals surface area contributed by atoms with Crippen molar-refractivity contribution in [1.29, 1.82) is 0 Å². The first-order valence-electron chi connectivity index (χ1n) is 6.02. The van der Waals surface area contributed by atoms with Crippen LogP contribution >= 0.6 is 0 Å². The molecule has 0 radical (unpaired) electrons. The van der Waals surface area contributed by atoms with Crippen LogP contribution < -0.4 is 0 Å². The van der Waals surface area contributed by atoms with E-state index in [2.05, 4.69) is 57.6 Å². The Morgan fingerprint density at radius 3 is 1.94 bits per heavy atom. The van der Waals surface area contributed by atoms with E-state index in [1.807, 2.05) is 0 Å². The molecule has 2 nitrogen and oxygen atoms in total. The number of hydrogen-bond donors (Lipinski definition) is 1. The zero-order valence-corrected chi connectivity index (χ0v) is 11.5. The fourth-order valence-corrected chi connectivity index (χ4v) is 2.11. The largest absolute Gasteiger partial charge is 0.359 e. The summed E-state index contributed by atoms with van der Waals surface area (Å²) in [5, 5.41) is 0. The lowest BCUT2D eigenvalue weighted by Gasteiger charge is -1.98. The summed E-state index contributed by atoms with van der Waals surface area (Å²) in [7, 11) is 0. The van der Waals surface area contributed by atoms with E-state index in [1.54, 1.807) is 0 Å². The lowest BCUT2D eigenvalue weighted by atomic mass is 10.1. The van der Waals surface area contributed by atoms with Gasteiger partial charge in [-0.1, -0.05) is 0 Å². The molecule has 0 bridgehead atoms. The van der Waals surface area contributed by atoms with Crippen LogP contribution in [0.1, 0.15) is 43.3 Å². The molecule has 2 rings (SSSR count). The average molecular weight is 228 g/mol. The molecule has 2 heterocycles. The van der Waals surface area contributed by atoms with Crippen molar-refractivity contribution in [3.63, 3.8) is 0 Å². The second-order valence-electron chi connectivity index (χ2n) is 4.89. The van der Waals surface area contributed by atoms with Gasteiger partial charge < -0.3 is 4.98 Å². The highest BCUT2D eigenvalue weighted by molar-refractivity contribution is 6.03. The van der Waals surface area contributed by atoms with E-state index >= 15 is 0 Å². The zero-order chi connectivity index (χ0) is 12.7. The van der Waals surface area contributed by atoms with Gasteiger partial charge in [0.2, 0.25) is 0 Å². The third-order valence-electron chi connectivity index (χ3n) is 3.91. The van der Waals surface area contributed by atoms with Gasteiger partial charge in [0.15, 0.2) is 0 Å². The second kappa shape index (κ2) is 4.02. The molecule has 0 saturated heterocycles. The molecule has 1 aromatic heterocycles. The SMILES string of the molecule is CC1=NC(=Cc2[nH]c(C)c(C)c2C)C(C)=C1C. The summed E-state index contributed by atoms with van der Waals surface area (Å²) < 4.78 is 0. The van der Waals surface area contributed by atoms with Crippen LogP contribution in [-0.4, -0.2) is 10.7 Å². The number of allylic oxidation sites excluding steroid dienone is 2. The molecule has 1 N–H and O–H groups in total. The number of nitrogens with one attached hydrogen (secondary N) is 1. The number of aryl methyl sites for hydroxylation is 1. The van der Waals surface area contributed by atoms with Gasteiger partial charge in [-0.3, -0.25) is 4.99 Å². The molecule has 0 aromatic carbocycles. The number of aromatic amines is 1. The van der Waals surface area contributed by atoms with Gasteiger partial charge in [0.05, 0.1) is 5.70 Å². The third-order valence-corrected chi connectivity index (χ3v) is 3.91. The van der Waals surface area contributed by atoms with Gasteiger partial charge in [-0.05, 0) is 69.9 Å². The molecule has 90 valence electrons. The normalized spacial score (nSPS) is 18.2. The van der Waals surface area contributed by atoms with Gasteiger partial charge in [-0.2, -0.15) is 0 Å². The van der Waals surface area contributed by atoms with E-state index < -0.39 is 0 Å². The summed E-state index contributed by atoms with van der Waals surface area (Å²) in [6.07, 6.45) is 2.16. The standard InChI is InChI=1S/C15H20N2/c1-8-10(3)14(16-12(8)5)7-15-11(4)9(2)13(6)17-15/h7,16H,1-6H3. The van der Waals surface area contributed by atoms with Crippen molar-refractivity contribution in [3.05, 3.63) is 39.4 Å². The quantitative estimate of drug-likeness (QED) is 0.750. The Morgan fingerprint density at radius 2 is 1.53 bits per heavy atom. The first-order valence-corrected chi connectivity index (χ1v) is 6.02. The van der Waals surface area contributed by atoms with Gasteiger partial charge in [0.1, 0.15) is 0 Å². The third kappa shape index (κ3) is 1.88. The fraction of sp³-hybridized carbons (Fsp3) is 0.400. The second-order valence-corrected chi connectivity index (χ2v) is 4.89. The van der Waals surface area contributed by atoms with E-state index in [0.29, 0.717) is 0 Å². The number of rotatable bonds is 1. The molecule has 0 spiro atoms. The molecule has 1 aliphatic heterocycles. The predicted octanol–water partition coefficient (Wildman–Crippen LogP) is 4.09. The maximum absolute atomic E-state index is 4.61. The molecular formula is C15H20N2. The number of aliphatic imine (C=N–C) groups is 1. The summed E-state index contributed by atoms with van der Waals surface area (Å²) in [5.41, 5.74) is 9.89. The molecule has 17 heavy (non-hydrogen) atoms. The highest BCUT2D eigenvalue weighted by Crippen LogP contribution is 2.28. The van der Waals surface area contributed by atoms with Gasteiger partial charge in [-0.25, -0.2) is 0 Å². The highest BCUT2D eigenvalue weighted by atomic mass is 14.8. The molecule has 0 unspecified atom stereocenters. The van der Waals surface area contributed by atoms with Crippen molar-refractivity contribution in [2.24, 2.45) is 4.99 Å². The molecule has 0 saturated carbocycles. The van der Waals surface area contributed by atoms with Gasteiger partial charge in [-0.15, -0.1) is 0 Å². The minimum Gasteiger partial charge on any atom is -0.359 e. The minimum absolute atomic E-state index is 1.09. The van der Waals surface area contributed by atoms with Crippen molar-refractivity contribution in [1.82, 2.24) is 4.98 Å². The lowest BCUT2D eigenvalue weighted by Crippen LogP contribution is -1.86. The summed E-state index contributed by atoms with van der Waals surface area (Å²) >= 11 is 0. The Morgan fingerprint density at radius 1 is 0.882 bits per heavy atom. The number of aromatic nitrogens is 1. The number of H-pyrrole nitrogens is 1. The van der Waals surface area contributed by atoms with Crippen LogP contribution in [0.25, 0.3) is 6.08 Å². The summed E-state index contributed by atoms with van der Waals surface area (Å²) in [6.45, 7) is 12.8. The van der Waals surface area contributed by atoms with Gasteiger partial charge >= 0.3 is 0 Å². The molecule has 0 aliphatic carbocycles. The molecule has 0 fully saturated rings. The Labute approximate surface area is 103 Å². The van der Waals surface area contributed by atoms with Crippen molar-refractivity contribution < 1.29 is 0 Å². The van der Waals surface area contributed by atoms with Crippen LogP contribution in [0.5, 0.6) is 0 Å². The molecule has 1 aromatic rings. The molecule has 0 amide bonds. The Balaban J connectivity index is 2.49. The van der Waals surface area contributed by atoms with Crippen LogP contribution in [0, 0.1) is 20.8 Å². The monoisotopic (exact) mass is 228 g/mol. The van der Waals surface area contributed by atoms with Crippen LogP contribution in [0.4, 0.5) is 0 Å². The first kappa shape index (κ1) is 11.9. The van der Waals surface area contributed by atoms with E-state index in [0.717, 1.165) is 11.4 Å². The van der Waals surface area contributed by atoms with E-state index in [1.165, 1.54) is 33.7 Å². The number of hydrogen-bond acceptors (Lipinski definition) is 1. The van der Waals surface area contributed by atoms with Crippen molar-refractivity contribution in [3.8, 4) is 0 Å². The summed E-state index contributed by atoms with van der Waals surface area (Å²) in [6, 6.07) is 0. The van der Waals surface area contributed by atoms with Crippen LogP contribution in [0.3, 0.4) is 0 Å². The smallest absolute Gasteiger partial charge is 0.0686 e. The Bertz CT molecular complexity index is 566. The molecular weight excluding hydrogens is 208 g/mol. The topological polar surface area (TPSA) is 28.1 Å². The fourth-order valence-electron chi connectivity index (χ4n) is 2.11. The first-order chi connectivity index (χ1) is 7.91. The van der Waals surface area contributed by atoms with Crippen molar-refractivity contribution in [2.75, 3.05) is 0 Å². The Kier molecular flexibility index (Phi) is 2.82. The van der Waals surface area contributed by atoms with Crippen LogP contribution in [0.2, 0.25) is 0 Å². The molecule has 1 aliphatic rings.